The molecule has 1 atom stereocenters. The molecule has 0 heterocycles. The van der Waals surface area contributed by atoms with E-state index < -0.39 is 0 Å². The maximum Gasteiger partial charge on any atom is 0.121 e. The maximum absolute atomic E-state index is 5.67. The van der Waals surface area contributed by atoms with Crippen molar-refractivity contribution in [3.63, 3.8) is 0 Å². The lowest BCUT2D eigenvalue weighted by molar-refractivity contribution is 0.217. The van der Waals surface area contributed by atoms with Gasteiger partial charge < -0.3 is 10.1 Å². The van der Waals surface area contributed by atoms with Crippen LogP contribution in [0.3, 0.4) is 0 Å². The second-order valence-corrected chi connectivity index (χ2v) is 3.11. The fraction of sp³-hybridized carbons (Fsp3) is 0.455. The van der Waals surface area contributed by atoms with Crippen molar-refractivity contribution < 1.29 is 4.74 Å². The molecule has 0 aliphatic heterocycles. The van der Waals surface area contributed by atoms with Crippen molar-refractivity contribution >= 4 is 5.69 Å². The zero-order chi connectivity index (χ0) is 9.68. The highest BCUT2D eigenvalue weighted by Gasteiger charge is 2.00. The van der Waals surface area contributed by atoms with Gasteiger partial charge in [-0.3, -0.25) is 0 Å². The average Bonchev–Trinajstić information content (AvgIpc) is 2.18. The first-order valence-electron chi connectivity index (χ1n) is 4.70. The number of ether oxygens (including phenoxy) is 1. The minimum absolute atomic E-state index is 0.284. The first-order valence-corrected chi connectivity index (χ1v) is 4.70. The Labute approximate surface area is 79.9 Å². The summed E-state index contributed by atoms with van der Waals surface area (Å²) in [5.74, 6) is 0.932. The number of nitrogens with one attached hydrogen (secondary N) is 1. The van der Waals surface area contributed by atoms with E-state index in [4.69, 9.17) is 4.74 Å². The van der Waals surface area contributed by atoms with Gasteiger partial charge in [0.2, 0.25) is 0 Å². The Bertz CT molecular complexity index is 260. The summed E-state index contributed by atoms with van der Waals surface area (Å²) in [6.07, 6.45) is 1.32. The highest BCUT2D eigenvalue weighted by Crippen LogP contribution is 2.18. The highest BCUT2D eigenvalue weighted by atomic mass is 16.5. The fourth-order valence-electron chi connectivity index (χ4n) is 1.04. The molecule has 2 heteroatoms. The molecule has 1 aromatic carbocycles. The summed E-state index contributed by atoms with van der Waals surface area (Å²) in [6, 6.07) is 7.99. The molecule has 1 N–H and O–H groups in total. The van der Waals surface area contributed by atoms with Crippen LogP contribution in [0.15, 0.2) is 24.3 Å². The summed E-state index contributed by atoms with van der Waals surface area (Å²) in [5.41, 5.74) is 1.08. The predicted molar refractivity (Wildman–Crippen MR) is 56.4 cm³/mol. The summed E-state index contributed by atoms with van der Waals surface area (Å²) >= 11 is 0. The SMILES string of the molecule is CC[C@@H](C)Oc1cccc(NC)c1. The first kappa shape index (κ1) is 9.90. The van der Waals surface area contributed by atoms with E-state index in [0.717, 1.165) is 17.9 Å². The summed E-state index contributed by atoms with van der Waals surface area (Å²) in [4.78, 5) is 0. The zero-order valence-corrected chi connectivity index (χ0v) is 8.50. The Morgan fingerprint density at radius 3 is 2.85 bits per heavy atom. The third kappa shape index (κ3) is 2.98. The van der Waals surface area contributed by atoms with Gasteiger partial charge in [0.15, 0.2) is 0 Å². The largest absolute Gasteiger partial charge is 0.491 e. The molecule has 0 aromatic heterocycles. The van der Waals surface area contributed by atoms with Crippen molar-refractivity contribution in [3.05, 3.63) is 24.3 Å². The van der Waals surface area contributed by atoms with Gasteiger partial charge in [0.1, 0.15) is 5.75 Å². The van der Waals surface area contributed by atoms with E-state index in [1.54, 1.807) is 0 Å². The van der Waals surface area contributed by atoms with Crippen LogP contribution in [0.2, 0.25) is 0 Å². The van der Waals surface area contributed by atoms with Crippen molar-refractivity contribution in [1.82, 2.24) is 0 Å². The van der Waals surface area contributed by atoms with Gasteiger partial charge in [-0.25, -0.2) is 0 Å². The van der Waals surface area contributed by atoms with Gasteiger partial charge in [0, 0.05) is 18.8 Å². The fourth-order valence-corrected chi connectivity index (χ4v) is 1.04. The number of benzene rings is 1. The van der Waals surface area contributed by atoms with Crippen LogP contribution in [-0.4, -0.2) is 13.2 Å². The normalized spacial score (nSPS) is 12.2. The molecular formula is C11H17NO. The molecule has 0 saturated carbocycles. The van der Waals surface area contributed by atoms with Crippen LogP contribution < -0.4 is 10.1 Å². The van der Waals surface area contributed by atoms with Crippen LogP contribution in [-0.2, 0) is 0 Å². The van der Waals surface area contributed by atoms with E-state index in [1.807, 2.05) is 31.3 Å². The molecule has 72 valence electrons. The van der Waals surface area contributed by atoms with Crippen LogP contribution >= 0.6 is 0 Å². The van der Waals surface area contributed by atoms with Crippen LogP contribution in [0.25, 0.3) is 0 Å². The van der Waals surface area contributed by atoms with Crippen molar-refractivity contribution in [2.75, 3.05) is 12.4 Å². The van der Waals surface area contributed by atoms with Crippen LogP contribution in [0.4, 0.5) is 5.69 Å². The van der Waals surface area contributed by atoms with E-state index in [0.29, 0.717) is 0 Å². The lowest BCUT2D eigenvalue weighted by atomic mass is 10.3. The van der Waals surface area contributed by atoms with E-state index in [-0.39, 0.29) is 6.10 Å². The molecule has 0 aliphatic rings. The van der Waals surface area contributed by atoms with E-state index in [2.05, 4.69) is 19.2 Å². The lowest BCUT2D eigenvalue weighted by Gasteiger charge is -2.13. The third-order valence-electron chi connectivity index (χ3n) is 2.03. The van der Waals surface area contributed by atoms with Gasteiger partial charge in [-0.2, -0.15) is 0 Å². The number of hydrogen-bond donors (Lipinski definition) is 1. The van der Waals surface area contributed by atoms with Crippen molar-refractivity contribution in [2.45, 2.75) is 26.4 Å². The molecule has 0 spiro atoms. The first-order chi connectivity index (χ1) is 6.26. The van der Waals surface area contributed by atoms with Gasteiger partial charge >= 0.3 is 0 Å². The zero-order valence-electron chi connectivity index (χ0n) is 8.50. The summed E-state index contributed by atoms with van der Waals surface area (Å²) in [5, 5.41) is 3.08. The van der Waals surface area contributed by atoms with Crippen LogP contribution in [0.1, 0.15) is 20.3 Å². The smallest absolute Gasteiger partial charge is 0.121 e. The Morgan fingerprint density at radius 1 is 1.46 bits per heavy atom. The quantitative estimate of drug-likeness (QED) is 0.767. The van der Waals surface area contributed by atoms with Gasteiger partial charge in [-0.1, -0.05) is 13.0 Å². The molecule has 0 fully saturated rings. The summed E-state index contributed by atoms with van der Waals surface area (Å²) in [7, 11) is 1.91. The molecule has 2 nitrogen and oxygen atoms in total. The minimum atomic E-state index is 0.284. The van der Waals surface area contributed by atoms with Gasteiger partial charge in [0.05, 0.1) is 6.10 Å². The van der Waals surface area contributed by atoms with E-state index >= 15 is 0 Å². The number of rotatable bonds is 4. The minimum Gasteiger partial charge on any atom is -0.491 e. The predicted octanol–water partition coefficient (Wildman–Crippen LogP) is 2.91. The van der Waals surface area contributed by atoms with E-state index in [9.17, 15) is 0 Å². The Morgan fingerprint density at radius 2 is 2.23 bits per heavy atom. The van der Waals surface area contributed by atoms with Crippen molar-refractivity contribution in [3.8, 4) is 5.75 Å². The van der Waals surface area contributed by atoms with Gasteiger partial charge in [-0.05, 0) is 25.5 Å². The van der Waals surface area contributed by atoms with Crippen LogP contribution in [0.5, 0.6) is 5.75 Å². The molecule has 1 rings (SSSR count). The molecule has 13 heavy (non-hydrogen) atoms. The number of hydrogen-bond acceptors (Lipinski definition) is 2. The topological polar surface area (TPSA) is 21.3 Å². The second-order valence-electron chi connectivity index (χ2n) is 3.11. The lowest BCUT2D eigenvalue weighted by Crippen LogP contribution is -2.09. The van der Waals surface area contributed by atoms with Crippen molar-refractivity contribution in [1.29, 1.82) is 0 Å². The molecule has 0 bridgehead atoms. The highest BCUT2D eigenvalue weighted by molar-refractivity contribution is 5.47. The molecule has 0 amide bonds. The summed E-state index contributed by atoms with van der Waals surface area (Å²) in [6.45, 7) is 4.19. The van der Waals surface area contributed by atoms with Gasteiger partial charge in [0.25, 0.3) is 0 Å². The second kappa shape index (κ2) is 4.75. The van der Waals surface area contributed by atoms with E-state index in [1.165, 1.54) is 0 Å². The Kier molecular flexibility index (Phi) is 3.62. The van der Waals surface area contributed by atoms with Crippen molar-refractivity contribution in [2.24, 2.45) is 0 Å². The maximum atomic E-state index is 5.67. The Hall–Kier alpha value is -1.18. The monoisotopic (exact) mass is 179 g/mol. The van der Waals surface area contributed by atoms with Gasteiger partial charge in [-0.15, -0.1) is 0 Å². The van der Waals surface area contributed by atoms with Crippen LogP contribution in [0, 0.1) is 0 Å². The summed E-state index contributed by atoms with van der Waals surface area (Å²) < 4.78 is 5.67. The third-order valence-corrected chi connectivity index (χ3v) is 2.03. The Balaban J connectivity index is 2.66. The number of anilines is 1. The average molecular weight is 179 g/mol. The standard InChI is InChI=1S/C11H17NO/c1-4-9(2)13-11-7-5-6-10(8-11)12-3/h5-9,12H,4H2,1-3H3/t9-/m1/s1. The molecule has 0 unspecified atom stereocenters. The molecular weight excluding hydrogens is 162 g/mol. The molecule has 1 aromatic rings. The molecule has 0 saturated heterocycles. The molecule has 0 radical (unpaired) electrons. The molecule has 0 aliphatic carbocycles.